The van der Waals surface area contributed by atoms with E-state index in [9.17, 15) is 8.42 Å². The fraction of sp³-hybridized carbons (Fsp3) is 0.500. The Morgan fingerprint density at radius 3 is 2.92 bits per heavy atom. The van der Waals surface area contributed by atoms with Crippen molar-refractivity contribution >= 4 is 10.3 Å². The standard InChI is InChI=1S/C6H11N3O3S/c1-2-9-6(3-4-8-9)5-12-13(7,10)11/h3-4H,2,5H2,1H3,(H2,7,10,11). The fourth-order valence-electron chi connectivity index (χ4n) is 0.910. The van der Waals surface area contributed by atoms with Gasteiger partial charge in [-0.05, 0) is 13.0 Å². The third-order valence-corrected chi connectivity index (χ3v) is 1.92. The molecule has 2 N–H and O–H groups in total. The van der Waals surface area contributed by atoms with E-state index in [-0.39, 0.29) is 6.61 Å². The van der Waals surface area contributed by atoms with Gasteiger partial charge in [0.2, 0.25) is 0 Å². The van der Waals surface area contributed by atoms with E-state index < -0.39 is 10.3 Å². The molecule has 0 radical (unpaired) electrons. The van der Waals surface area contributed by atoms with Crippen LogP contribution in [0.3, 0.4) is 0 Å². The molecule has 0 atom stereocenters. The lowest BCUT2D eigenvalue weighted by Gasteiger charge is -2.03. The molecule has 6 nitrogen and oxygen atoms in total. The summed E-state index contributed by atoms with van der Waals surface area (Å²) in [4.78, 5) is 0. The first-order chi connectivity index (χ1) is 6.03. The minimum absolute atomic E-state index is 0.0767. The van der Waals surface area contributed by atoms with Crippen molar-refractivity contribution in [3.63, 3.8) is 0 Å². The highest BCUT2D eigenvalue weighted by Crippen LogP contribution is 2.01. The fourth-order valence-corrected chi connectivity index (χ4v) is 1.19. The van der Waals surface area contributed by atoms with Crippen LogP contribution in [0.25, 0.3) is 0 Å². The quantitative estimate of drug-likeness (QED) is 0.726. The molecule has 13 heavy (non-hydrogen) atoms. The maximum atomic E-state index is 10.5. The average Bonchev–Trinajstić information content (AvgIpc) is 2.46. The van der Waals surface area contributed by atoms with Crippen LogP contribution < -0.4 is 5.14 Å². The van der Waals surface area contributed by atoms with Gasteiger partial charge in [-0.3, -0.25) is 8.86 Å². The summed E-state index contributed by atoms with van der Waals surface area (Å²) in [5.74, 6) is 0. The van der Waals surface area contributed by atoms with Crippen LogP contribution in [0.5, 0.6) is 0 Å². The van der Waals surface area contributed by atoms with Crippen molar-refractivity contribution in [3.05, 3.63) is 18.0 Å². The van der Waals surface area contributed by atoms with Crippen molar-refractivity contribution < 1.29 is 12.6 Å². The van der Waals surface area contributed by atoms with Gasteiger partial charge in [-0.25, -0.2) is 5.14 Å². The van der Waals surface area contributed by atoms with Crippen LogP contribution in [0.1, 0.15) is 12.6 Å². The SMILES string of the molecule is CCn1nccc1COS(N)(=O)=O. The molecule has 0 fully saturated rings. The maximum absolute atomic E-state index is 10.5. The minimum atomic E-state index is -3.87. The summed E-state index contributed by atoms with van der Waals surface area (Å²) >= 11 is 0. The predicted molar refractivity (Wildman–Crippen MR) is 45.8 cm³/mol. The van der Waals surface area contributed by atoms with Crippen molar-refractivity contribution in [1.82, 2.24) is 9.78 Å². The van der Waals surface area contributed by atoms with Crippen LogP contribution in [0.2, 0.25) is 0 Å². The first kappa shape index (κ1) is 10.2. The van der Waals surface area contributed by atoms with Gasteiger partial charge in [-0.2, -0.15) is 13.5 Å². The topological polar surface area (TPSA) is 87.2 Å². The van der Waals surface area contributed by atoms with Crippen LogP contribution in [0.15, 0.2) is 12.3 Å². The van der Waals surface area contributed by atoms with Crippen LogP contribution in [0.4, 0.5) is 0 Å². The van der Waals surface area contributed by atoms with Gasteiger partial charge < -0.3 is 0 Å². The predicted octanol–water partition coefficient (Wildman–Crippen LogP) is -0.377. The Balaban J connectivity index is 2.64. The Labute approximate surface area is 76.6 Å². The van der Waals surface area contributed by atoms with Crippen molar-refractivity contribution in [2.24, 2.45) is 5.14 Å². The summed E-state index contributed by atoms with van der Waals surface area (Å²) in [6.45, 7) is 2.48. The number of rotatable bonds is 4. The Bertz CT molecular complexity index is 370. The first-order valence-corrected chi connectivity index (χ1v) is 5.18. The van der Waals surface area contributed by atoms with Crippen LogP contribution >= 0.6 is 0 Å². The zero-order valence-corrected chi connectivity index (χ0v) is 7.99. The smallest absolute Gasteiger partial charge is 0.267 e. The van der Waals surface area contributed by atoms with Crippen molar-refractivity contribution in [3.8, 4) is 0 Å². The normalized spacial score (nSPS) is 11.8. The van der Waals surface area contributed by atoms with Gasteiger partial charge in [0, 0.05) is 12.7 Å². The molecule has 0 saturated carbocycles. The lowest BCUT2D eigenvalue weighted by Crippen LogP contribution is -2.16. The van der Waals surface area contributed by atoms with E-state index in [0.29, 0.717) is 12.2 Å². The number of aromatic nitrogens is 2. The molecule has 1 heterocycles. The lowest BCUT2D eigenvalue weighted by molar-refractivity contribution is 0.296. The van der Waals surface area contributed by atoms with E-state index in [0.717, 1.165) is 0 Å². The Morgan fingerprint density at radius 1 is 1.69 bits per heavy atom. The Kier molecular flexibility index (Phi) is 3.02. The van der Waals surface area contributed by atoms with E-state index in [1.54, 1.807) is 16.9 Å². The third-order valence-electron chi connectivity index (χ3n) is 1.48. The Morgan fingerprint density at radius 2 is 2.38 bits per heavy atom. The zero-order valence-electron chi connectivity index (χ0n) is 7.17. The molecule has 0 unspecified atom stereocenters. The lowest BCUT2D eigenvalue weighted by atomic mass is 10.4. The number of nitrogens with two attached hydrogens (primary N) is 1. The highest BCUT2D eigenvalue weighted by Gasteiger charge is 2.06. The third kappa shape index (κ3) is 3.13. The summed E-state index contributed by atoms with van der Waals surface area (Å²) in [5.41, 5.74) is 0.677. The maximum Gasteiger partial charge on any atom is 0.333 e. The molecular weight excluding hydrogens is 194 g/mol. The minimum Gasteiger partial charge on any atom is -0.267 e. The zero-order chi connectivity index (χ0) is 9.90. The molecule has 0 amide bonds. The highest BCUT2D eigenvalue weighted by molar-refractivity contribution is 7.84. The van der Waals surface area contributed by atoms with Gasteiger partial charge in [0.1, 0.15) is 6.61 Å². The van der Waals surface area contributed by atoms with E-state index in [1.165, 1.54) is 0 Å². The molecule has 0 aliphatic heterocycles. The molecule has 1 rings (SSSR count). The van der Waals surface area contributed by atoms with Crippen LogP contribution in [-0.4, -0.2) is 18.2 Å². The largest absolute Gasteiger partial charge is 0.333 e. The summed E-state index contributed by atoms with van der Waals surface area (Å²) in [5, 5.41) is 8.60. The van der Waals surface area contributed by atoms with Gasteiger partial charge in [0.05, 0.1) is 5.69 Å². The summed E-state index contributed by atoms with van der Waals surface area (Å²) in [7, 11) is -3.87. The molecule has 0 aromatic carbocycles. The number of nitrogens with zero attached hydrogens (tertiary/aromatic N) is 2. The molecule has 0 saturated heterocycles. The van der Waals surface area contributed by atoms with Gasteiger partial charge in [0.15, 0.2) is 0 Å². The summed E-state index contributed by atoms with van der Waals surface area (Å²) in [6.07, 6.45) is 1.57. The van der Waals surface area contributed by atoms with E-state index in [4.69, 9.17) is 0 Å². The van der Waals surface area contributed by atoms with E-state index in [2.05, 4.69) is 14.4 Å². The molecule has 0 aliphatic carbocycles. The van der Waals surface area contributed by atoms with Gasteiger partial charge >= 0.3 is 10.3 Å². The number of hydrogen-bond donors (Lipinski definition) is 1. The van der Waals surface area contributed by atoms with Crippen molar-refractivity contribution in [2.75, 3.05) is 0 Å². The van der Waals surface area contributed by atoms with Crippen molar-refractivity contribution in [2.45, 2.75) is 20.1 Å². The summed E-state index contributed by atoms with van der Waals surface area (Å²) in [6, 6.07) is 1.68. The molecular formula is C6H11N3O3S. The van der Waals surface area contributed by atoms with Crippen LogP contribution in [-0.2, 0) is 27.6 Å². The van der Waals surface area contributed by atoms with Crippen molar-refractivity contribution in [1.29, 1.82) is 0 Å². The monoisotopic (exact) mass is 205 g/mol. The molecule has 1 aromatic rings. The number of aryl methyl sites for hydroxylation is 1. The first-order valence-electron chi connectivity index (χ1n) is 3.71. The molecule has 1 aromatic heterocycles. The molecule has 0 spiro atoms. The summed E-state index contributed by atoms with van der Waals surface area (Å²) < 4.78 is 26.9. The van der Waals surface area contributed by atoms with E-state index in [1.807, 2.05) is 6.92 Å². The molecule has 0 bridgehead atoms. The average molecular weight is 205 g/mol. The number of hydrogen-bond acceptors (Lipinski definition) is 4. The van der Waals surface area contributed by atoms with Gasteiger partial charge in [-0.1, -0.05) is 0 Å². The van der Waals surface area contributed by atoms with Gasteiger partial charge in [-0.15, -0.1) is 0 Å². The molecule has 0 aliphatic rings. The Hall–Kier alpha value is -0.920. The second kappa shape index (κ2) is 3.86. The molecule has 74 valence electrons. The molecule has 7 heteroatoms. The van der Waals surface area contributed by atoms with Crippen LogP contribution in [0, 0.1) is 0 Å². The van der Waals surface area contributed by atoms with E-state index >= 15 is 0 Å². The highest BCUT2D eigenvalue weighted by atomic mass is 32.2. The second-order valence-electron chi connectivity index (χ2n) is 2.39. The van der Waals surface area contributed by atoms with Gasteiger partial charge in [0.25, 0.3) is 0 Å². The second-order valence-corrected chi connectivity index (χ2v) is 3.61.